The first kappa shape index (κ1) is 22.8. The van der Waals surface area contributed by atoms with Gasteiger partial charge in [0.2, 0.25) is 0 Å². The lowest BCUT2D eigenvalue weighted by molar-refractivity contribution is -0.123. The van der Waals surface area contributed by atoms with E-state index in [2.05, 4.69) is 31.3 Å². The molecule has 9 heteroatoms. The maximum atomic E-state index is 12.2. The Morgan fingerprint density at radius 1 is 0.853 bits per heavy atom. The number of anilines is 1. The lowest BCUT2D eigenvalue weighted by atomic mass is 10.0. The highest BCUT2D eigenvalue weighted by Gasteiger charge is 2.15. The van der Waals surface area contributed by atoms with E-state index in [0.29, 0.717) is 11.4 Å². The fraction of sp³-hybridized carbons (Fsp3) is 0.0800. The lowest BCUT2D eigenvalue weighted by Gasteiger charge is -2.12. The van der Waals surface area contributed by atoms with Gasteiger partial charge >= 0.3 is 6.01 Å². The molecule has 1 heterocycles. The lowest BCUT2D eigenvalue weighted by Crippen LogP contribution is -2.45. The van der Waals surface area contributed by atoms with Crippen LogP contribution in [0.2, 0.25) is 0 Å². The van der Waals surface area contributed by atoms with Crippen LogP contribution in [0.25, 0.3) is 22.5 Å². The Morgan fingerprint density at radius 3 is 2.21 bits per heavy atom. The minimum Gasteiger partial charge on any atom is -0.452 e. The summed E-state index contributed by atoms with van der Waals surface area (Å²) in [6.07, 6.45) is 0. The fourth-order valence-electron chi connectivity index (χ4n) is 3.14. The Hall–Kier alpha value is -4.37. The molecule has 0 aliphatic rings. The van der Waals surface area contributed by atoms with E-state index in [1.165, 1.54) is 0 Å². The molecule has 0 saturated carbocycles. The van der Waals surface area contributed by atoms with Crippen LogP contribution < -0.4 is 20.9 Å². The normalized spacial score (nSPS) is 10.3. The Balaban J connectivity index is 1.39. The zero-order valence-electron chi connectivity index (χ0n) is 18.4. The fourth-order valence-corrected chi connectivity index (χ4v) is 3.31. The van der Waals surface area contributed by atoms with Crippen molar-refractivity contribution in [3.05, 3.63) is 90.5 Å². The number of rotatable bonds is 6. The number of nitrogens with zero attached hydrogens (tertiary/aromatic N) is 3. The van der Waals surface area contributed by atoms with Crippen LogP contribution in [0.5, 0.6) is 6.01 Å². The van der Waals surface area contributed by atoms with Gasteiger partial charge in [-0.1, -0.05) is 77.9 Å². The van der Waals surface area contributed by atoms with Gasteiger partial charge in [0.25, 0.3) is 5.91 Å². The number of nitrogens with one attached hydrogen (secondary N) is 3. The van der Waals surface area contributed by atoms with Crippen molar-refractivity contribution in [1.82, 2.24) is 26.0 Å². The minimum absolute atomic E-state index is 0.00542. The predicted molar refractivity (Wildman–Crippen MR) is 135 cm³/mol. The first-order valence-corrected chi connectivity index (χ1v) is 10.9. The summed E-state index contributed by atoms with van der Waals surface area (Å²) in [5.41, 5.74) is 9.99. The number of hydrogen-bond acceptors (Lipinski definition) is 6. The molecule has 3 N–H and O–H groups in total. The molecule has 170 valence electrons. The van der Waals surface area contributed by atoms with Crippen molar-refractivity contribution in [2.24, 2.45) is 0 Å². The van der Waals surface area contributed by atoms with Crippen LogP contribution in [0.15, 0.2) is 84.9 Å². The van der Waals surface area contributed by atoms with Crippen LogP contribution in [0.3, 0.4) is 0 Å². The summed E-state index contributed by atoms with van der Waals surface area (Å²) < 4.78 is 5.49. The zero-order valence-corrected chi connectivity index (χ0v) is 19.2. The van der Waals surface area contributed by atoms with Crippen LogP contribution in [0.4, 0.5) is 5.69 Å². The molecule has 4 rings (SSSR count). The molecule has 4 aromatic rings. The highest BCUT2D eigenvalue weighted by molar-refractivity contribution is 7.80. The van der Waals surface area contributed by atoms with Crippen molar-refractivity contribution in [2.45, 2.75) is 6.92 Å². The van der Waals surface area contributed by atoms with Crippen molar-refractivity contribution in [2.75, 3.05) is 11.9 Å². The molecule has 1 aromatic heterocycles. The number of carbonyl (C=O) groups is 1. The van der Waals surface area contributed by atoms with Crippen molar-refractivity contribution in [3.63, 3.8) is 0 Å². The third-order valence-corrected chi connectivity index (χ3v) is 4.89. The Bertz CT molecular complexity index is 1290. The van der Waals surface area contributed by atoms with Gasteiger partial charge in [0.05, 0.1) is 0 Å². The first-order valence-electron chi connectivity index (χ1n) is 10.5. The molecule has 8 nitrogen and oxygen atoms in total. The molecule has 0 saturated heterocycles. The maximum Gasteiger partial charge on any atom is 0.336 e. The summed E-state index contributed by atoms with van der Waals surface area (Å²) in [7, 11) is 0. The number of aromatic nitrogens is 3. The molecular formula is C25H22N6O2S. The molecule has 0 aliphatic heterocycles. The smallest absolute Gasteiger partial charge is 0.336 e. The van der Waals surface area contributed by atoms with Gasteiger partial charge in [-0.3, -0.25) is 15.6 Å². The quantitative estimate of drug-likeness (QED) is 0.288. The SMILES string of the molecule is Cc1cccc(NC(=S)NNC(=O)COc2nnc(-c3ccccc3)c(-c3ccccc3)n2)c1. The van der Waals surface area contributed by atoms with Gasteiger partial charge in [0.1, 0.15) is 11.4 Å². The molecule has 0 unspecified atom stereocenters. The van der Waals surface area contributed by atoms with Crippen LogP contribution >= 0.6 is 12.2 Å². The van der Waals surface area contributed by atoms with E-state index >= 15 is 0 Å². The molecule has 3 aromatic carbocycles. The van der Waals surface area contributed by atoms with Gasteiger partial charge in [-0.05, 0) is 36.8 Å². The van der Waals surface area contributed by atoms with E-state index in [1.54, 1.807) is 0 Å². The average molecular weight is 471 g/mol. The number of carbonyl (C=O) groups excluding carboxylic acids is 1. The number of thiocarbonyl (C=S) groups is 1. The summed E-state index contributed by atoms with van der Waals surface area (Å²) in [6, 6.07) is 27.0. The van der Waals surface area contributed by atoms with Gasteiger partial charge in [-0.25, -0.2) is 0 Å². The number of aryl methyl sites for hydroxylation is 1. The number of hydrazine groups is 1. The molecule has 34 heavy (non-hydrogen) atoms. The summed E-state index contributed by atoms with van der Waals surface area (Å²) >= 11 is 5.19. The van der Waals surface area contributed by atoms with Crippen molar-refractivity contribution < 1.29 is 9.53 Å². The molecule has 0 aliphatic carbocycles. The molecule has 0 radical (unpaired) electrons. The topological polar surface area (TPSA) is 101 Å². The van der Waals surface area contributed by atoms with Crippen molar-refractivity contribution in [3.8, 4) is 28.5 Å². The largest absolute Gasteiger partial charge is 0.452 e. The van der Waals surface area contributed by atoms with E-state index in [1.807, 2.05) is 91.9 Å². The summed E-state index contributed by atoms with van der Waals surface area (Å²) in [5, 5.41) is 11.6. The maximum absolute atomic E-state index is 12.2. The summed E-state index contributed by atoms with van der Waals surface area (Å²) in [6.45, 7) is 1.66. The van der Waals surface area contributed by atoms with Gasteiger partial charge < -0.3 is 10.1 Å². The second-order valence-electron chi connectivity index (χ2n) is 7.31. The second kappa shape index (κ2) is 11.0. The van der Waals surface area contributed by atoms with Crippen LogP contribution in [-0.2, 0) is 4.79 Å². The molecule has 0 fully saturated rings. The van der Waals surface area contributed by atoms with E-state index in [4.69, 9.17) is 17.0 Å². The predicted octanol–water partition coefficient (Wildman–Crippen LogP) is 3.91. The molecular weight excluding hydrogens is 448 g/mol. The third kappa shape index (κ3) is 6.11. The van der Waals surface area contributed by atoms with Gasteiger partial charge in [0, 0.05) is 16.8 Å². The number of ether oxygens (including phenoxy) is 1. The Morgan fingerprint density at radius 2 is 1.53 bits per heavy atom. The summed E-state index contributed by atoms with van der Waals surface area (Å²) in [4.78, 5) is 16.7. The number of benzene rings is 3. The standard InChI is InChI=1S/C25H22N6O2S/c1-17-9-8-14-20(15-17)26-25(34)31-28-21(32)16-33-24-27-22(18-10-4-2-5-11-18)23(29-30-24)19-12-6-3-7-13-19/h2-15H,16H2,1H3,(H,28,32)(H2,26,31,34). The van der Waals surface area contributed by atoms with Crippen molar-refractivity contribution >= 4 is 28.9 Å². The van der Waals surface area contributed by atoms with E-state index < -0.39 is 5.91 Å². The van der Waals surface area contributed by atoms with E-state index in [9.17, 15) is 4.79 Å². The van der Waals surface area contributed by atoms with Gasteiger partial charge in [-0.2, -0.15) is 4.98 Å². The average Bonchev–Trinajstić information content (AvgIpc) is 2.87. The Labute approximate surface area is 202 Å². The van der Waals surface area contributed by atoms with Crippen LogP contribution in [0.1, 0.15) is 5.56 Å². The highest BCUT2D eigenvalue weighted by atomic mass is 32.1. The second-order valence-corrected chi connectivity index (χ2v) is 7.72. The van der Waals surface area contributed by atoms with Crippen molar-refractivity contribution in [1.29, 1.82) is 0 Å². The molecule has 0 atom stereocenters. The Kier molecular flexibility index (Phi) is 7.36. The molecule has 0 bridgehead atoms. The first-order chi connectivity index (χ1) is 16.6. The minimum atomic E-state index is -0.453. The monoisotopic (exact) mass is 470 g/mol. The van der Waals surface area contributed by atoms with E-state index in [-0.39, 0.29) is 17.7 Å². The molecule has 0 spiro atoms. The van der Waals surface area contributed by atoms with Crippen LogP contribution in [-0.4, -0.2) is 32.8 Å². The van der Waals surface area contributed by atoms with Gasteiger partial charge in [0.15, 0.2) is 11.7 Å². The summed E-state index contributed by atoms with van der Waals surface area (Å²) in [5.74, 6) is -0.453. The highest BCUT2D eigenvalue weighted by Crippen LogP contribution is 2.29. The van der Waals surface area contributed by atoms with Crippen LogP contribution in [0, 0.1) is 6.92 Å². The number of hydrogen-bond donors (Lipinski definition) is 3. The molecule has 1 amide bonds. The van der Waals surface area contributed by atoms with Gasteiger partial charge in [-0.15, -0.1) is 5.10 Å². The third-order valence-electron chi connectivity index (χ3n) is 4.69. The number of amides is 1. The van der Waals surface area contributed by atoms with E-state index in [0.717, 1.165) is 22.4 Å². The zero-order chi connectivity index (χ0) is 23.8.